The second-order valence-electron chi connectivity index (χ2n) is 5.14. The van der Waals surface area contributed by atoms with Gasteiger partial charge in [-0.05, 0) is 31.5 Å². The predicted octanol–water partition coefficient (Wildman–Crippen LogP) is 0.731. The van der Waals surface area contributed by atoms with Crippen LogP contribution in [-0.4, -0.2) is 49.4 Å². The van der Waals surface area contributed by atoms with E-state index in [0.717, 1.165) is 19.3 Å². The van der Waals surface area contributed by atoms with E-state index in [9.17, 15) is 12.8 Å². The number of nitrogens with zero attached hydrogens (tertiary/aromatic N) is 2. The fourth-order valence-electron chi connectivity index (χ4n) is 2.29. The van der Waals surface area contributed by atoms with Crippen LogP contribution in [0.25, 0.3) is 0 Å². The van der Waals surface area contributed by atoms with Crippen LogP contribution in [-0.2, 0) is 9.84 Å². The molecule has 1 aromatic heterocycles. The average Bonchev–Trinajstić information content (AvgIpc) is 2.58. The highest BCUT2D eigenvalue weighted by molar-refractivity contribution is 7.91. The zero-order valence-corrected chi connectivity index (χ0v) is 12.2. The van der Waals surface area contributed by atoms with E-state index in [1.54, 1.807) is 6.07 Å². The standard InChI is InChI=1S/C13H20FN3O2S/c14-11-2-3-13(16-10-11)12(15)4-6-17-5-1-8-20(18,19)9-7-17/h2-3,10,12H,1,4-9,15H2. The van der Waals surface area contributed by atoms with Crippen LogP contribution in [0.15, 0.2) is 18.3 Å². The number of sulfone groups is 1. The molecule has 1 atom stereocenters. The van der Waals surface area contributed by atoms with Gasteiger partial charge in [0.15, 0.2) is 9.84 Å². The van der Waals surface area contributed by atoms with Crippen LogP contribution in [0, 0.1) is 5.82 Å². The maximum atomic E-state index is 12.8. The molecule has 20 heavy (non-hydrogen) atoms. The summed E-state index contributed by atoms with van der Waals surface area (Å²) in [5, 5.41) is 0. The maximum absolute atomic E-state index is 12.8. The summed E-state index contributed by atoms with van der Waals surface area (Å²) >= 11 is 0. The SMILES string of the molecule is NC(CCN1CCCS(=O)(=O)CC1)c1ccc(F)cn1. The predicted molar refractivity (Wildman–Crippen MR) is 75.5 cm³/mol. The van der Waals surface area contributed by atoms with Crippen molar-refractivity contribution in [1.82, 2.24) is 9.88 Å². The lowest BCUT2D eigenvalue weighted by Gasteiger charge is -2.21. The van der Waals surface area contributed by atoms with Crippen molar-refractivity contribution in [2.75, 3.05) is 31.1 Å². The summed E-state index contributed by atoms with van der Waals surface area (Å²) in [6, 6.07) is 2.68. The van der Waals surface area contributed by atoms with Gasteiger partial charge in [0, 0.05) is 19.1 Å². The van der Waals surface area contributed by atoms with Crippen LogP contribution in [0.1, 0.15) is 24.6 Å². The smallest absolute Gasteiger partial charge is 0.151 e. The first-order valence-corrected chi connectivity index (χ1v) is 8.58. The number of hydrogen-bond acceptors (Lipinski definition) is 5. The fourth-order valence-corrected chi connectivity index (χ4v) is 3.60. The summed E-state index contributed by atoms with van der Waals surface area (Å²) in [4.78, 5) is 6.09. The van der Waals surface area contributed by atoms with Gasteiger partial charge >= 0.3 is 0 Å². The molecule has 5 nitrogen and oxygen atoms in total. The van der Waals surface area contributed by atoms with Crippen molar-refractivity contribution < 1.29 is 12.8 Å². The molecule has 1 fully saturated rings. The van der Waals surface area contributed by atoms with E-state index in [2.05, 4.69) is 9.88 Å². The molecular formula is C13H20FN3O2S. The molecule has 0 saturated carbocycles. The van der Waals surface area contributed by atoms with E-state index in [4.69, 9.17) is 5.73 Å². The molecule has 7 heteroatoms. The molecule has 2 N–H and O–H groups in total. The van der Waals surface area contributed by atoms with E-state index >= 15 is 0 Å². The van der Waals surface area contributed by atoms with Crippen LogP contribution >= 0.6 is 0 Å². The van der Waals surface area contributed by atoms with Gasteiger partial charge in [-0.25, -0.2) is 12.8 Å². The van der Waals surface area contributed by atoms with Crippen molar-refractivity contribution in [2.45, 2.75) is 18.9 Å². The monoisotopic (exact) mass is 301 g/mol. The quantitative estimate of drug-likeness (QED) is 0.887. The van der Waals surface area contributed by atoms with Gasteiger partial charge in [0.25, 0.3) is 0 Å². The van der Waals surface area contributed by atoms with Crippen LogP contribution in [0.4, 0.5) is 4.39 Å². The highest BCUT2D eigenvalue weighted by atomic mass is 32.2. The van der Waals surface area contributed by atoms with Crippen molar-refractivity contribution in [3.05, 3.63) is 29.8 Å². The van der Waals surface area contributed by atoms with E-state index in [0.29, 0.717) is 25.1 Å². The molecule has 1 saturated heterocycles. The number of nitrogens with two attached hydrogens (primary N) is 1. The second-order valence-corrected chi connectivity index (χ2v) is 7.45. The molecule has 0 aromatic carbocycles. The van der Waals surface area contributed by atoms with Crippen molar-refractivity contribution in [2.24, 2.45) is 5.73 Å². The van der Waals surface area contributed by atoms with E-state index in [-0.39, 0.29) is 23.4 Å². The van der Waals surface area contributed by atoms with Crippen LogP contribution < -0.4 is 5.73 Å². The Morgan fingerprint density at radius 2 is 2.15 bits per heavy atom. The molecule has 0 bridgehead atoms. The molecule has 1 unspecified atom stereocenters. The van der Waals surface area contributed by atoms with Crippen LogP contribution in [0.5, 0.6) is 0 Å². The first kappa shape index (κ1) is 15.3. The van der Waals surface area contributed by atoms with Crippen LogP contribution in [0.3, 0.4) is 0 Å². The number of rotatable bonds is 4. The third-order valence-corrected chi connectivity index (χ3v) is 5.25. The summed E-state index contributed by atoms with van der Waals surface area (Å²) in [6.07, 6.45) is 2.51. The first-order valence-electron chi connectivity index (χ1n) is 6.76. The maximum Gasteiger partial charge on any atom is 0.151 e. The van der Waals surface area contributed by atoms with Gasteiger partial charge in [-0.3, -0.25) is 4.98 Å². The Labute approximate surface area is 118 Å². The second kappa shape index (κ2) is 6.60. The lowest BCUT2D eigenvalue weighted by atomic mass is 10.1. The van der Waals surface area contributed by atoms with Gasteiger partial charge in [-0.1, -0.05) is 0 Å². The largest absolute Gasteiger partial charge is 0.323 e. The molecule has 0 spiro atoms. The van der Waals surface area contributed by atoms with Gasteiger partial charge in [0.05, 0.1) is 23.4 Å². The molecule has 2 rings (SSSR count). The fraction of sp³-hybridized carbons (Fsp3) is 0.615. The third-order valence-electron chi connectivity index (χ3n) is 3.53. The third kappa shape index (κ3) is 4.50. The van der Waals surface area contributed by atoms with Gasteiger partial charge in [0.1, 0.15) is 5.82 Å². The Morgan fingerprint density at radius 1 is 1.35 bits per heavy atom. The van der Waals surface area contributed by atoms with Crippen molar-refractivity contribution in [3.63, 3.8) is 0 Å². The molecule has 0 aliphatic carbocycles. The van der Waals surface area contributed by atoms with E-state index in [1.165, 1.54) is 6.07 Å². The van der Waals surface area contributed by atoms with Crippen LogP contribution in [0.2, 0.25) is 0 Å². The zero-order chi connectivity index (χ0) is 14.6. The van der Waals surface area contributed by atoms with Crippen molar-refractivity contribution in [1.29, 1.82) is 0 Å². The Kier molecular flexibility index (Phi) is 5.06. The average molecular weight is 301 g/mol. The molecule has 1 aliphatic rings. The normalized spacial score (nSPS) is 21.3. The van der Waals surface area contributed by atoms with Gasteiger partial charge in [-0.15, -0.1) is 0 Å². The lowest BCUT2D eigenvalue weighted by Crippen LogP contribution is -2.30. The van der Waals surface area contributed by atoms with Gasteiger partial charge in [-0.2, -0.15) is 0 Å². The first-order chi connectivity index (χ1) is 9.46. The number of halogens is 1. The lowest BCUT2D eigenvalue weighted by molar-refractivity contribution is 0.282. The summed E-state index contributed by atoms with van der Waals surface area (Å²) < 4.78 is 35.8. The van der Waals surface area contributed by atoms with Crippen molar-refractivity contribution >= 4 is 9.84 Å². The summed E-state index contributed by atoms with van der Waals surface area (Å²) in [5.41, 5.74) is 6.69. The van der Waals surface area contributed by atoms with Gasteiger partial charge in [0.2, 0.25) is 0 Å². The minimum absolute atomic E-state index is 0.219. The molecule has 0 radical (unpaired) electrons. The number of aromatic nitrogens is 1. The summed E-state index contributed by atoms with van der Waals surface area (Å²) in [6.45, 7) is 2.07. The Bertz CT molecular complexity index is 533. The van der Waals surface area contributed by atoms with Crippen molar-refractivity contribution in [3.8, 4) is 0 Å². The highest BCUT2D eigenvalue weighted by Gasteiger charge is 2.19. The Balaban J connectivity index is 1.84. The summed E-state index contributed by atoms with van der Waals surface area (Å²) in [5.74, 6) is 0.116. The Hall–Kier alpha value is -1.05. The van der Waals surface area contributed by atoms with E-state index < -0.39 is 9.84 Å². The summed E-state index contributed by atoms with van der Waals surface area (Å²) in [7, 11) is -2.87. The minimum Gasteiger partial charge on any atom is -0.323 e. The molecule has 112 valence electrons. The number of hydrogen-bond donors (Lipinski definition) is 1. The highest BCUT2D eigenvalue weighted by Crippen LogP contribution is 2.13. The molecule has 1 aromatic rings. The minimum atomic E-state index is -2.87. The Morgan fingerprint density at radius 3 is 2.85 bits per heavy atom. The van der Waals surface area contributed by atoms with E-state index in [1.807, 2.05) is 0 Å². The molecule has 1 aliphatic heterocycles. The van der Waals surface area contributed by atoms with Gasteiger partial charge < -0.3 is 10.6 Å². The zero-order valence-electron chi connectivity index (χ0n) is 11.3. The topological polar surface area (TPSA) is 76.3 Å². The molecule has 2 heterocycles. The molecule has 0 amide bonds. The number of pyridine rings is 1. The molecular weight excluding hydrogens is 281 g/mol.